The van der Waals surface area contributed by atoms with Crippen LogP contribution in [0.3, 0.4) is 0 Å². The Labute approximate surface area is 146 Å². The number of rotatable bonds is 7. The average molecular weight is 346 g/mol. The van der Waals surface area contributed by atoms with Crippen molar-refractivity contribution in [1.29, 1.82) is 0 Å². The average Bonchev–Trinajstić information content (AvgIpc) is 2.54. The molecule has 2 aromatic heterocycles. The van der Waals surface area contributed by atoms with Gasteiger partial charge in [-0.15, -0.1) is 0 Å². The highest BCUT2D eigenvalue weighted by atomic mass is 19.1. The van der Waals surface area contributed by atoms with Crippen molar-refractivity contribution in [2.45, 2.75) is 45.0 Å². The first kappa shape index (κ1) is 18.8. The number of anilines is 1. The van der Waals surface area contributed by atoms with Crippen molar-refractivity contribution < 1.29 is 14.3 Å². The molecule has 0 spiro atoms. The molecule has 4 N–H and O–H groups in total. The van der Waals surface area contributed by atoms with Crippen LogP contribution in [0.15, 0.2) is 36.8 Å². The molecule has 0 aliphatic heterocycles. The maximum atomic E-state index is 14.2. The Kier molecular flexibility index (Phi) is 5.69. The van der Waals surface area contributed by atoms with E-state index >= 15 is 0 Å². The van der Waals surface area contributed by atoms with Gasteiger partial charge >= 0.3 is 0 Å². The molecule has 0 radical (unpaired) electrons. The molecule has 134 valence electrons. The Bertz CT molecular complexity index is 732. The fourth-order valence-corrected chi connectivity index (χ4v) is 2.42. The summed E-state index contributed by atoms with van der Waals surface area (Å²) in [4.78, 5) is 20.1. The number of carbonyl (C=O) groups is 1. The maximum Gasteiger partial charge on any atom is 0.252 e. The minimum atomic E-state index is -1.58. The third kappa shape index (κ3) is 4.73. The Hall–Kier alpha value is -2.54. The van der Waals surface area contributed by atoms with Crippen LogP contribution in [-0.2, 0) is 6.42 Å². The lowest BCUT2D eigenvalue weighted by Gasteiger charge is -2.23. The van der Waals surface area contributed by atoms with E-state index < -0.39 is 17.7 Å². The monoisotopic (exact) mass is 346 g/mol. The topological polar surface area (TPSA) is 101 Å². The molecule has 0 aliphatic rings. The fourth-order valence-electron chi connectivity index (χ4n) is 2.42. The smallest absolute Gasteiger partial charge is 0.252 e. The van der Waals surface area contributed by atoms with E-state index in [1.54, 1.807) is 18.5 Å². The van der Waals surface area contributed by atoms with Gasteiger partial charge in [0.2, 0.25) is 0 Å². The predicted octanol–water partition coefficient (Wildman–Crippen LogP) is 2.40. The highest BCUT2D eigenvalue weighted by molar-refractivity contribution is 5.99. The van der Waals surface area contributed by atoms with Crippen molar-refractivity contribution in [3.05, 3.63) is 53.6 Å². The molecule has 0 bridgehead atoms. The van der Waals surface area contributed by atoms with E-state index in [1.165, 1.54) is 20.0 Å². The zero-order valence-corrected chi connectivity index (χ0v) is 14.5. The summed E-state index contributed by atoms with van der Waals surface area (Å²) in [5.74, 6) is -0.702. The normalized spacial score (nSPS) is 14.0. The molecule has 1 unspecified atom stereocenters. The molecule has 0 fully saturated rings. The number of pyridine rings is 2. The zero-order valence-electron chi connectivity index (χ0n) is 14.5. The Morgan fingerprint density at radius 3 is 2.68 bits per heavy atom. The number of hydrogen-bond acceptors (Lipinski definition) is 5. The largest absolute Gasteiger partial charge is 0.387 e. The van der Waals surface area contributed by atoms with Gasteiger partial charge in [-0.05, 0) is 38.5 Å². The number of hydrogen-bond donors (Lipinski definition) is 3. The summed E-state index contributed by atoms with van der Waals surface area (Å²) in [6.45, 7) is 4.65. The van der Waals surface area contributed by atoms with Crippen LogP contribution in [0.25, 0.3) is 0 Å². The quantitative estimate of drug-likeness (QED) is 0.715. The number of nitrogens with one attached hydrogen (secondary N) is 1. The summed E-state index contributed by atoms with van der Waals surface area (Å²) >= 11 is 0. The van der Waals surface area contributed by atoms with Crippen molar-refractivity contribution in [2.24, 2.45) is 5.73 Å². The third-order valence-electron chi connectivity index (χ3n) is 3.97. The summed E-state index contributed by atoms with van der Waals surface area (Å²) in [6, 6.07) is 5.20. The van der Waals surface area contributed by atoms with Crippen molar-refractivity contribution in [3.8, 4) is 0 Å². The van der Waals surface area contributed by atoms with Gasteiger partial charge in [0, 0.05) is 25.0 Å². The van der Waals surface area contributed by atoms with Crippen LogP contribution < -0.4 is 11.1 Å². The summed E-state index contributed by atoms with van der Waals surface area (Å²) in [6.07, 6.45) is 3.09. The van der Waals surface area contributed by atoms with Gasteiger partial charge in [0.05, 0.1) is 28.6 Å². The van der Waals surface area contributed by atoms with Crippen molar-refractivity contribution >= 4 is 11.6 Å². The first-order chi connectivity index (χ1) is 11.7. The molecule has 6 nitrogen and oxygen atoms in total. The van der Waals surface area contributed by atoms with E-state index in [0.717, 1.165) is 5.56 Å². The van der Waals surface area contributed by atoms with Gasteiger partial charge in [0.1, 0.15) is 6.17 Å². The van der Waals surface area contributed by atoms with Crippen LogP contribution in [0.5, 0.6) is 0 Å². The number of carbonyl (C=O) groups excluding carboxylic acids is 1. The summed E-state index contributed by atoms with van der Waals surface area (Å²) < 4.78 is 14.2. The lowest BCUT2D eigenvalue weighted by molar-refractivity contribution is -0.00307. The Balaban J connectivity index is 2.32. The second kappa shape index (κ2) is 7.57. The molecule has 2 aromatic rings. The number of amides is 1. The summed E-state index contributed by atoms with van der Waals surface area (Å²) in [5, 5.41) is 13.0. The molecule has 25 heavy (non-hydrogen) atoms. The van der Waals surface area contributed by atoms with Gasteiger partial charge in [-0.2, -0.15) is 0 Å². The summed E-state index contributed by atoms with van der Waals surface area (Å²) in [5.41, 5.74) is 5.70. The molecular formula is C18H23FN4O2. The van der Waals surface area contributed by atoms with E-state index in [-0.39, 0.29) is 23.7 Å². The third-order valence-corrected chi connectivity index (χ3v) is 3.97. The van der Waals surface area contributed by atoms with E-state index in [9.17, 15) is 14.3 Å². The number of nitrogens with zero attached hydrogens (tertiary/aromatic N) is 2. The molecule has 2 heterocycles. The number of nitrogens with two attached hydrogens (primary N) is 1. The molecular weight excluding hydrogens is 323 g/mol. The molecule has 0 saturated heterocycles. The second-order valence-corrected chi connectivity index (χ2v) is 6.52. The first-order valence-corrected chi connectivity index (χ1v) is 8.00. The van der Waals surface area contributed by atoms with Crippen LogP contribution >= 0.6 is 0 Å². The van der Waals surface area contributed by atoms with Crippen molar-refractivity contribution in [2.75, 3.05) is 5.32 Å². The number of aliphatic hydroxyl groups is 1. The Morgan fingerprint density at radius 1 is 1.40 bits per heavy atom. The standard InChI is InChI=1S/C18H23FN4O2/c1-11(12-5-4-7-21-10-12)23-13-6-8-22-14(16(13)17(20)24)9-15(19)18(2,3)25/h4-8,10-11,15,25H,9H2,1-3H3,(H2,20,24)(H,22,23)/t11?,15-/m1/s1. The maximum absolute atomic E-state index is 14.2. The van der Waals surface area contributed by atoms with E-state index in [0.29, 0.717) is 5.69 Å². The molecule has 0 aliphatic carbocycles. The van der Waals surface area contributed by atoms with Gasteiger partial charge in [-0.1, -0.05) is 6.07 Å². The van der Waals surface area contributed by atoms with Gasteiger partial charge < -0.3 is 16.2 Å². The number of primary amides is 1. The van der Waals surface area contributed by atoms with E-state index in [1.807, 2.05) is 19.1 Å². The van der Waals surface area contributed by atoms with Crippen LogP contribution in [0, 0.1) is 0 Å². The number of aromatic nitrogens is 2. The SMILES string of the molecule is CC(Nc1ccnc(C[C@@H](F)C(C)(C)O)c1C(N)=O)c1cccnc1. The molecule has 0 aromatic carbocycles. The van der Waals surface area contributed by atoms with Gasteiger partial charge in [-0.25, -0.2) is 4.39 Å². The van der Waals surface area contributed by atoms with Crippen molar-refractivity contribution in [3.63, 3.8) is 0 Å². The summed E-state index contributed by atoms with van der Waals surface area (Å²) in [7, 11) is 0. The highest BCUT2D eigenvalue weighted by Crippen LogP contribution is 2.26. The first-order valence-electron chi connectivity index (χ1n) is 8.00. The minimum Gasteiger partial charge on any atom is -0.387 e. The Morgan fingerprint density at radius 2 is 2.12 bits per heavy atom. The molecule has 1 amide bonds. The number of alkyl halides is 1. The van der Waals surface area contributed by atoms with Gasteiger partial charge in [0.15, 0.2) is 0 Å². The molecule has 2 atom stereocenters. The fraction of sp³-hybridized carbons (Fsp3) is 0.389. The van der Waals surface area contributed by atoms with Crippen LogP contribution in [0.2, 0.25) is 0 Å². The lowest BCUT2D eigenvalue weighted by Crippen LogP contribution is -2.35. The van der Waals surface area contributed by atoms with Gasteiger partial charge in [0.25, 0.3) is 5.91 Å². The molecule has 0 saturated carbocycles. The highest BCUT2D eigenvalue weighted by Gasteiger charge is 2.29. The zero-order chi connectivity index (χ0) is 18.6. The number of halogens is 1. The predicted molar refractivity (Wildman–Crippen MR) is 93.9 cm³/mol. The second-order valence-electron chi connectivity index (χ2n) is 6.52. The van der Waals surface area contributed by atoms with E-state index in [4.69, 9.17) is 5.73 Å². The van der Waals surface area contributed by atoms with Crippen molar-refractivity contribution in [1.82, 2.24) is 9.97 Å². The van der Waals surface area contributed by atoms with Crippen LogP contribution in [-0.4, -0.2) is 32.8 Å². The van der Waals surface area contributed by atoms with Crippen LogP contribution in [0.1, 0.15) is 48.4 Å². The van der Waals surface area contributed by atoms with Crippen LogP contribution in [0.4, 0.5) is 10.1 Å². The minimum absolute atomic E-state index is 0.130. The molecule has 7 heteroatoms. The lowest BCUT2D eigenvalue weighted by atomic mass is 9.96. The molecule has 2 rings (SSSR count). The van der Waals surface area contributed by atoms with E-state index in [2.05, 4.69) is 15.3 Å². The van der Waals surface area contributed by atoms with Gasteiger partial charge in [-0.3, -0.25) is 14.8 Å².